The highest BCUT2D eigenvalue weighted by molar-refractivity contribution is 8.93. The predicted octanol–water partition coefficient (Wildman–Crippen LogP) is 4.72. The monoisotopic (exact) mass is 621 g/mol. The Morgan fingerprint density at radius 1 is 1.21 bits per heavy atom. The number of ether oxygens (including phenoxy) is 1. The van der Waals surface area contributed by atoms with Crippen LogP contribution < -0.4 is 15.6 Å². The second kappa shape index (κ2) is 12.3. The van der Waals surface area contributed by atoms with Crippen LogP contribution in [0.15, 0.2) is 47.5 Å². The van der Waals surface area contributed by atoms with E-state index < -0.39 is 6.10 Å². The highest BCUT2D eigenvalue weighted by Crippen LogP contribution is 2.32. The first-order chi connectivity index (χ1) is 14.9. The van der Waals surface area contributed by atoms with Gasteiger partial charge in [-0.2, -0.15) is 0 Å². The van der Waals surface area contributed by atoms with E-state index in [2.05, 4.69) is 10.3 Å². The number of benzene rings is 2. The van der Waals surface area contributed by atoms with Crippen LogP contribution in [0.3, 0.4) is 0 Å². The number of nitrogens with one attached hydrogen (secondary N) is 1. The molecule has 0 amide bonds. The molecule has 2 N–H and O–H groups in total. The summed E-state index contributed by atoms with van der Waals surface area (Å²) in [5.74, 6) is 0.658. The summed E-state index contributed by atoms with van der Waals surface area (Å²) in [6.07, 6.45) is 2.47. The third-order valence-electron chi connectivity index (χ3n) is 5.26. The van der Waals surface area contributed by atoms with Crippen molar-refractivity contribution < 1.29 is 14.6 Å². The van der Waals surface area contributed by atoms with Gasteiger partial charge in [0.15, 0.2) is 5.78 Å². The fourth-order valence-corrected chi connectivity index (χ4v) is 3.95. The number of nitrogens with zero attached hydrogens (tertiary/aromatic N) is 2. The SMILES string of the molecule is Br.Br.O=C(CC1NCCCC1O)Cn1cnc2cc(Cl)c(Oc3ccc(Cl)cc3)cc2c1=O. The summed E-state index contributed by atoms with van der Waals surface area (Å²) < 4.78 is 7.05. The number of ketones is 1. The minimum atomic E-state index is -0.557. The number of Topliss-reactive ketones (excluding diaryl/α,β-unsaturated/α-hetero) is 1. The molecule has 0 saturated carbocycles. The Morgan fingerprint density at radius 3 is 2.64 bits per heavy atom. The average molecular weight is 624 g/mol. The summed E-state index contributed by atoms with van der Waals surface area (Å²) in [4.78, 5) is 29.7. The molecular formula is C22H23Br2Cl2N3O4. The molecule has 1 aliphatic rings. The summed E-state index contributed by atoms with van der Waals surface area (Å²) in [5, 5.41) is 14.4. The number of aliphatic hydroxyl groups is 1. The molecule has 0 spiro atoms. The van der Waals surface area contributed by atoms with Gasteiger partial charge >= 0.3 is 0 Å². The molecule has 1 saturated heterocycles. The quantitative estimate of drug-likeness (QED) is 0.413. The van der Waals surface area contributed by atoms with Crippen LogP contribution in [0.5, 0.6) is 11.5 Å². The lowest BCUT2D eigenvalue weighted by Gasteiger charge is -2.28. The number of hydrogen-bond donors (Lipinski definition) is 2. The minimum absolute atomic E-state index is 0. The summed E-state index contributed by atoms with van der Waals surface area (Å²) in [7, 11) is 0. The van der Waals surface area contributed by atoms with Gasteiger partial charge in [-0.15, -0.1) is 34.0 Å². The highest BCUT2D eigenvalue weighted by Gasteiger charge is 2.25. The zero-order valence-corrected chi connectivity index (χ0v) is 22.3. The minimum Gasteiger partial charge on any atom is -0.456 e. The van der Waals surface area contributed by atoms with Crippen molar-refractivity contribution in [2.24, 2.45) is 0 Å². The van der Waals surface area contributed by atoms with Crippen molar-refractivity contribution >= 4 is 73.9 Å². The zero-order valence-electron chi connectivity index (χ0n) is 17.4. The van der Waals surface area contributed by atoms with E-state index in [0.29, 0.717) is 38.9 Å². The first-order valence-corrected chi connectivity index (χ1v) is 10.7. The lowest BCUT2D eigenvalue weighted by molar-refractivity contribution is -0.121. The molecule has 2 unspecified atom stereocenters. The molecule has 1 fully saturated rings. The van der Waals surface area contributed by atoms with Gasteiger partial charge in [0.2, 0.25) is 0 Å². The molecule has 33 heavy (non-hydrogen) atoms. The fourth-order valence-electron chi connectivity index (χ4n) is 3.62. The molecule has 178 valence electrons. The van der Waals surface area contributed by atoms with Crippen LogP contribution >= 0.6 is 57.2 Å². The molecule has 0 radical (unpaired) electrons. The largest absolute Gasteiger partial charge is 0.456 e. The number of piperidine rings is 1. The van der Waals surface area contributed by atoms with Crippen molar-refractivity contribution in [3.8, 4) is 11.5 Å². The van der Waals surface area contributed by atoms with Gasteiger partial charge < -0.3 is 15.2 Å². The summed E-state index contributed by atoms with van der Waals surface area (Å²) in [6.45, 7) is 0.645. The molecule has 3 aromatic rings. The number of carbonyl (C=O) groups excluding carboxylic acids is 1. The zero-order chi connectivity index (χ0) is 22.0. The number of carbonyl (C=O) groups is 1. The smallest absolute Gasteiger partial charge is 0.261 e. The van der Waals surface area contributed by atoms with E-state index in [1.165, 1.54) is 17.0 Å². The molecule has 4 rings (SSSR count). The summed E-state index contributed by atoms with van der Waals surface area (Å²) in [6, 6.07) is 9.54. The summed E-state index contributed by atoms with van der Waals surface area (Å²) >= 11 is 12.2. The average Bonchev–Trinajstić information content (AvgIpc) is 2.74. The van der Waals surface area contributed by atoms with Crippen LogP contribution in [0, 0.1) is 0 Å². The number of rotatable bonds is 6. The molecule has 2 aromatic carbocycles. The first kappa shape index (κ1) is 27.8. The van der Waals surface area contributed by atoms with Gasteiger partial charge in [0.25, 0.3) is 5.56 Å². The van der Waals surface area contributed by atoms with E-state index >= 15 is 0 Å². The Labute approximate surface area is 221 Å². The van der Waals surface area contributed by atoms with Crippen LogP contribution in [0.2, 0.25) is 10.0 Å². The van der Waals surface area contributed by atoms with E-state index in [4.69, 9.17) is 27.9 Å². The molecule has 2 heterocycles. The molecule has 1 aliphatic heterocycles. The maximum atomic E-state index is 13.0. The van der Waals surface area contributed by atoms with Crippen LogP contribution in [-0.2, 0) is 11.3 Å². The fraction of sp³-hybridized carbons (Fsp3) is 0.318. The maximum absolute atomic E-state index is 13.0. The van der Waals surface area contributed by atoms with Gasteiger partial charge in [-0.25, -0.2) is 4.98 Å². The molecule has 2 atom stereocenters. The van der Waals surface area contributed by atoms with Gasteiger partial charge in [0.1, 0.15) is 11.5 Å². The van der Waals surface area contributed by atoms with Gasteiger partial charge in [0.05, 0.1) is 34.9 Å². The third kappa shape index (κ3) is 6.77. The van der Waals surface area contributed by atoms with Crippen molar-refractivity contribution in [2.45, 2.75) is 38.0 Å². The first-order valence-electron chi connectivity index (χ1n) is 9.96. The van der Waals surface area contributed by atoms with Gasteiger partial charge in [0, 0.05) is 17.5 Å². The topological polar surface area (TPSA) is 93.5 Å². The Bertz CT molecular complexity index is 1170. The number of hydrogen-bond acceptors (Lipinski definition) is 6. The normalized spacial score (nSPS) is 17.7. The van der Waals surface area contributed by atoms with Crippen LogP contribution in [-0.4, -0.2) is 39.1 Å². The Balaban J connectivity index is 0.00000193. The molecule has 7 nitrogen and oxygen atoms in total. The number of aromatic nitrogens is 2. The highest BCUT2D eigenvalue weighted by atomic mass is 79.9. The molecular weight excluding hydrogens is 601 g/mol. The second-order valence-corrected chi connectivity index (χ2v) is 8.39. The van der Waals surface area contributed by atoms with E-state index in [0.717, 1.165) is 13.0 Å². The number of halogens is 4. The second-order valence-electron chi connectivity index (χ2n) is 7.55. The lowest BCUT2D eigenvalue weighted by Crippen LogP contribution is -2.46. The van der Waals surface area contributed by atoms with Crippen LogP contribution in [0.1, 0.15) is 19.3 Å². The maximum Gasteiger partial charge on any atom is 0.261 e. The molecule has 1 aromatic heterocycles. The standard InChI is InChI=1S/C22H21Cl2N3O4.2BrH/c23-13-3-5-15(6-4-13)31-21-9-16-18(10-17(21)24)26-12-27(22(16)30)11-14(28)8-19-20(29)2-1-7-25-19;;/h3-6,9-10,12,19-20,25,29H,1-2,7-8,11H2;2*1H. The van der Waals surface area contributed by atoms with Crippen molar-refractivity contribution in [3.63, 3.8) is 0 Å². The van der Waals surface area contributed by atoms with Gasteiger partial charge in [-0.3, -0.25) is 14.2 Å². The van der Waals surface area contributed by atoms with Crippen molar-refractivity contribution in [1.82, 2.24) is 14.9 Å². The van der Waals surface area contributed by atoms with Crippen molar-refractivity contribution in [2.75, 3.05) is 6.54 Å². The van der Waals surface area contributed by atoms with E-state index in [1.54, 1.807) is 30.3 Å². The van der Waals surface area contributed by atoms with E-state index in [-0.39, 0.29) is 64.3 Å². The van der Waals surface area contributed by atoms with E-state index in [1.807, 2.05) is 0 Å². The predicted molar refractivity (Wildman–Crippen MR) is 140 cm³/mol. The Morgan fingerprint density at radius 2 is 1.94 bits per heavy atom. The Kier molecular flexibility index (Phi) is 10.3. The lowest BCUT2D eigenvalue weighted by atomic mass is 9.97. The number of aliphatic hydroxyl groups excluding tert-OH is 1. The molecule has 0 aliphatic carbocycles. The molecule has 0 bridgehead atoms. The van der Waals surface area contributed by atoms with E-state index in [9.17, 15) is 14.7 Å². The van der Waals surface area contributed by atoms with Gasteiger partial charge in [-0.1, -0.05) is 23.2 Å². The van der Waals surface area contributed by atoms with Crippen LogP contribution in [0.25, 0.3) is 10.9 Å². The number of fused-ring (bicyclic) bond motifs is 1. The van der Waals surface area contributed by atoms with Crippen molar-refractivity contribution in [1.29, 1.82) is 0 Å². The Hall–Kier alpha value is -1.49. The van der Waals surface area contributed by atoms with Gasteiger partial charge in [-0.05, 0) is 55.8 Å². The summed E-state index contributed by atoms with van der Waals surface area (Å²) in [5.41, 5.74) is 0.0413. The van der Waals surface area contributed by atoms with Crippen molar-refractivity contribution in [3.05, 3.63) is 63.1 Å². The van der Waals surface area contributed by atoms with Crippen LogP contribution in [0.4, 0.5) is 0 Å². The third-order valence-corrected chi connectivity index (χ3v) is 5.81. The molecule has 11 heteroatoms.